The highest BCUT2D eigenvalue weighted by molar-refractivity contribution is 6.48. The molecule has 4 rings (SSSR count). The molecular weight excluding hydrogens is 448 g/mol. The van der Waals surface area contributed by atoms with Gasteiger partial charge in [-0.3, -0.25) is 19.3 Å². The number of carbonyl (C=O) groups excluding carboxylic acids is 3. The molecule has 2 heterocycles. The van der Waals surface area contributed by atoms with Crippen molar-refractivity contribution in [2.75, 3.05) is 19.1 Å². The molecule has 35 heavy (non-hydrogen) atoms. The summed E-state index contributed by atoms with van der Waals surface area (Å²) < 4.78 is 15.8. The van der Waals surface area contributed by atoms with Gasteiger partial charge in [-0.05, 0) is 41.7 Å². The van der Waals surface area contributed by atoms with Crippen molar-refractivity contribution >= 4 is 23.3 Å². The number of carbonyl (C=O) groups is 3. The van der Waals surface area contributed by atoms with Crippen LogP contribution in [0.2, 0.25) is 0 Å². The van der Waals surface area contributed by atoms with E-state index >= 15 is 0 Å². The van der Waals surface area contributed by atoms with E-state index in [4.69, 9.17) is 14.0 Å². The highest BCUT2D eigenvalue weighted by Gasteiger charge is 2.53. The molecular formula is C27H28N2O6. The lowest BCUT2D eigenvalue weighted by molar-refractivity contribution is -0.135. The molecule has 0 radical (unpaired) electrons. The van der Waals surface area contributed by atoms with Gasteiger partial charge in [-0.15, -0.1) is 0 Å². The topological polar surface area (TPSA) is 98.9 Å². The monoisotopic (exact) mass is 476 g/mol. The number of benzene rings is 2. The lowest BCUT2D eigenvalue weighted by Crippen LogP contribution is -2.31. The second kappa shape index (κ2) is 9.02. The van der Waals surface area contributed by atoms with Crippen LogP contribution in [0.4, 0.5) is 5.82 Å². The van der Waals surface area contributed by atoms with Gasteiger partial charge >= 0.3 is 0 Å². The van der Waals surface area contributed by atoms with Crippen molar-refractivity contribution in [3.8, 4) is 11.5 Å². The number of amides is 1. The van der Waals surface area contributed by atoms with Crippen LogP contribution in [0.5, 0.6) is 11.5 Å². The largest absolute Gasteiger partial charge is 0.493 e. The van der Waals surface area contributed by atoms with Crippen molar-refractivity contribution in [2.24, 2.45) is 5.92 Å². The lowest BCUT2D eigenvalue weighted by Gasteiger charge is -2.26. The molecule has 1 aromatic heterocycles. The average Bonchev–Trinajstić information content (AvgIpc) is 3.38. The number of hydrogen-bond acceptors (Lipinski definition) is 7. The summed E-state index contributed by atoms with van der Waals surface area (Å²) in [5.41, 5.74) is 1.89. The third-order valence-corrected chi connectivity index (χ3v) is 6.24. The van der Waals surface area contributed by atoms with Gasteiger partial charge < -0.3 is 14.0 Å². The Hall–Kier alpha value is -3.94. The fraction of sp³-hybridized carbons (Fsp3) is 0.333. The fourth-order valence-corrected chi connectivity index (χ4v) is 4.34. The SMILES string of the molecule is COc1ccc(C(=O)C2C(=O)C(=O)N(c3cc(C)on3)C2c2ccc(C(C)(C)C)cc2)cc1OC. The van der Waals surface area contributed by atoms with E-state index in [0.29, 0.717) is 22.8 Å². The number of methoxy groups -OCH3 is 2. The summed E-state index contributed by atoms with van der Waals surface area (Å²) in [4.78, 5) is 41.4. The van der Waals surface area contributed by atoms with Gasteiger partial charge in [-0.2, -0.15) is 0 Å². The van der Waals surface area contributed by atoms with Gasteiger partial charge in [0.15, 0.2) is 23.1 Å². The molecule has 2 unspecified atom stereocenters. The number of aryl methyl sites for hydroxylation is 1. The maximum Gasteiger partial charge on any atom is 0.297 e. The number of ketones is 2. The molecule has 2 aromatic carbocycles. The molecule has 3 aromatic rings. The molecule has 0 bridgehead atoms. The number of anilines is 1. The lowest BCUT2D eigenvalue weighted by atomic mass is 9.83. The van der Waals surface area contributed by atoms with Gasteiger partial charge in [0.25, 0.3) is 5.91 Å². The molecule has 182 valence electrons. The molecule has 1 saturated heterocycles. The maximum atomic E-state index is 13.7. The smallest absolute Gasteiger partial charge is 0.297 e. The fourth-order valence-electron chi connectivity index (χ4n) is 4.34. The zero-order chi connectivity index (χ0) is 25.5. The zero-order valence-corrected chi connectivity index (χ0v) is 20.6. The molecule has 0 saturated carbocycles. The van der Waals surface area contributed by atoms with E-state index in [0.717, 1.165) is 5.56 Å². The van der Waals surface area contributed by atoms with Crippen LogP contribution in [0.15, 0.2) is 53.1 Å². The first-order valence-electron chi connectivity index (χ1n) is 11.2. The van der Waals surface area contributed by atoms with Crippen molar-refractivity contribution in [3.63, 3.8) is 0 Å². The van der Waals surface area contributed by atoms with E-state index in [9.17, 15) is 14.4 Å². The summed E-state index contributed by atoms with van der Waals surface area (Å²) in [6, 6.07) is 13.0. The van der Waals surface area contributed by atoms with Crippen LogP contribution < -0.4 is 14.4 Å². The maximum absolute atomic E-state index is 13.7. The van der Waals surface area contributed by atoms with E-state index in [1.54, 1.807) is 25.1 Å². The first-order valence-corrected chi connectivity index (χ1v) is 11.2. The molecule has 8 nitrogen and oxygen atoms in total. The Kier molecular flexibility index (Phi) is 6.23. The quantitative estimate of drug-likeness (QED) is 0.294. The van der Waals surface area contributed by atoms with Crippen molar-refractivity contribution in [1.29, 1.82) is 0 Å². The van der Waals surface area contributed by atoms with Crippen LogP contribution in [0.25, 0.3) is 0 Å². The van der Waals surface area contributed by atoms with Gasteiger partial charge in [-0.1, -0.05) is 50.2 Å². The number of nitrogens with zero attached hydrogens (tertiary/aromatic N) is 2. The minimum absolute atomic E-state index is 0.0857. The number of aromatic nitrogens is 1. The first-order chi connectivity index (χ1) is 16.6. The van der Waals surface area contributed by atoms with Crippen LogP contribution in [0.3, 0.4) is 0 Å². The highest BCUT2D eigenvalue weighted by Crippen LogP contribution is 2.42. The predicted octanol–water partition coefficient (Wildman–Crippen LogP) is 4.45. The van der Waals surface area contributed by atoms with Crippen molar-refractivity contribution in [2.45, 2.75) is 39.2 Å². The first kappa shape index (κ1) is 24.2. The summed E-state index contributed by atoms with van der Waals surface area (Å²) in [6.07, 6.45) is 0. The van der Waals surface area contributed by atoms with E-state index in [2.05, 4.69) is 25.9 Å². The number of Topliss-reactive ketones (excluding diaryl/α,β-unsaturated/α-hetero) is 2. The standard InChI is InChI=1S/C27H28N2O6/c1-15-13-21(28-35-15)29-23(16-7-10-18(11-8-16)27(2,3)4)22(25(31)26(29)32)24(30)17-9-12-19(33-5)20(14-17)34-6/h7-14,22-23H,1-6H3. The van der Waals surface area contributed by atoms with Crippen LogP contribution in [-0.4, -0.2) is 36.8 Å². The summed E-state index contributed by atoms with van der Waals surface area (Å²) in [6.45, 7) is 7.98. The van der Waals surface area contributed by atoms with Crippen LogP contribution in [-0.2, 0) is 15.0 Å². The van der Waals surface area contributed by atoms with Crippen LogP contribution >= 0.6 is 0 Å². The Morgan fingerprint density at radius 3 is 2.17 bits per heavy atom. The van der Waals surface area contributed by atoms with Crippen molar-refractivity contribution in [1.82, 2.24) is 5.16 Å². The third kappa shape index (κ3) is 4.32. The van der Waals surface area contributed by atoms with E-state index in [1.165, 1.54) is 25.2 Å². The molecule has 8 heteroatoms. The zero-order valence-electron chi connectivity index (χ0n) is 20.6. The Morgan fingerprint density at radius 1 is 0.971 bits per heavy atom. The van der Waals surface area contributed by atoms with E-state index < -0.39 is 29.4 Å². The van der Waals surface area contributed by atoms with E-state index in [-0.39, 0.29) is 16.8 Å². The van der Waals surface area contributed by atoms with E-state index in [1.807, 2.05) is 24.3 Å². The Labute approximate surface area is 203 Å². The minimum Gasteiger partial charge on any atom is -0.493 e. The third-order valence-electron chi connectivity index (χ3n) is 6.24. The van der Waals surface area contributed by atoms with Gasteiger partial charge in [0.05, 0.1) is 20.3 Å². The number of hydrogen-bond donors (Lipinski definition) is 0. The minimum atomic E-state index is -1.27. The normalized spacial score (nSPS) is 18.2. The van der Waals surface area contributed by atoms with Crippen LogP contribution in [0, 0.1) is 12.8 Å². The summed E-state index contributed by atoms with van der Waals surface area (Å²) >= 11 is 0. The number of ether oxygens (including phenoxy) is 2. The molecule has 1 aliphatic heterocycles. The van der Waals surface area contributed by atoms with Gasteiger partial charge in [0.1, 0.15) is 11.7 Å². The molecule has 0 aliphatic carbocycles. The molecule has 1 amide bonds. The van der Waals surface area contributed by atoms with Crippen molar-refractivity contribution < 1.29 is 28.4 Å². The van der Waals surface area contributed by atoms with Gasteiger partial charge in [0, 0.05) is 11.6 Å². The van der Waals surface area contributed by atoms with Crippen LogP contribution in [0.1, 0.15) is 54.1 Å². The van der Waals surface area contributed by atoms with Gasteiger partial charge in [-0.25, -0.2) is 0 Å². The molecule has 0 N–H and O–H groups in total. The molecule has 0 spiro atoms. The second-order valence-electron chi connectivity index (χ2n) is 9.56. The van der Waals surface area contributed by atoms with Gasteiger partial charge in [0.2, 0.25) is 5.78 Å². The summed E-state index contributed by atoms with van der Waals surface area (Å²) in [5.74, 6) is -1.88. The highest BCUT2D eigenvalue weighted by atomic mass is 16.5. The summed E-state index contributed by atoms with van der Waals surface area (Å²) in [5, 5.41) is 3.96. The number of rotatable bonds is 6. The predicted molar refractivity (Wildman–Crippen MR) is 129 cm³/mol. The molecule has 1 aliphatic rings. The Balaban J connectivity index is 1.83. The molecule has 2 atom stereocenters. The summed E-state index contributed by atoms with van der Waals surface area (Å²) in [7, 11) is 2.96. The van der Waals surface area contributed by atoms with Crippen molar-refractivity contribution in [3.05, 3.63) is 71.0 Å². The second-order valence-corrected chi connectivity index (χ2v) is 9.56. The average molecular weight is 477 g/mol. The molecule has 1 fully saturated rings. The Bertz CT molecular complexity index is 1290. The Morgan fingerprint density at radius 2 is 1.63 bits per heavy atom.